The molecule has 3 aromatic rings. The quantitative estimate of drug-likeness (QED) is 0.681. The standard InChI is InChI=1S/C22H21ClFN3O2/c1-13-11-19(14(2)27(13)18-9-7-16(23)8-10-18)22(29)26(3)20(21(25)28)15-5-4-6-17(24)12-15/h4-12,20H,1-3H3,(H2,25,28). The van der Waals surface area contributed by atoms with Crippen molar-refractivity contribution in [1.29, 1.82) is 0 Å². The number of aryl methyl sites for hydroxylation is 1. The van der Waals surface area contributed by atoms with E-state index in [4.69, 9.17) is 17.3 Å². The van der Waals surface area contributed by atoms with Crippen LogP contribution in [0.15, 0.2) is 54.6 Å². The highest BCUT2D eigenvalue weighted by Crippen LogP contribution is 2.26. The number of aromatic nitrogens is 1. The molecule has 2 aromatic carbocycles. The summed E-state index contributed by atoms with van der Waals surface area (Å²) in [5.74, 6) is -1.63. The number of amides is 2. The van der Waals surface area contributed by atoms with Gasteiger partial charge in [-0.3, -0.25) is 9.59 Å². The molecule has 0 saturated carbocycles. The molecule has 2 amide bonds. The number of carbonyl (C=O) groups excluding carboxylic acids is 2. The Morgan fingerprint density at radius 3 is 2.34 bits per heavy atom. The smallest absolute Gasteiger partial charge is 0.256 e. The second-order valence-corrected chi connectivity index (χ2v) is 7.31. The van der Waals surface area contributed by atoms with Crippen LogP contribution in [0.5, 0.6) is 0 Å². The largest absolute Gasteiger partial charge is 0.368 e. The fourth-order valence-electron chi connectivity index (χ4n) is 3.53. The average molecular weight is 414 g/mol. The SMILES string of the molecule is Cc1cc(C(=O)N(C)C(C(N)=O)c2cccc(F)c2)c(C)n1-c1ccc(Cl)cc1. The molecular formula is C22H21ClFN3O2. The first-order valence-electron chi connectivity index (χ1n) is 8.97. The summed E-state index contributed by atoms with van der Waals surface area (Å²) in [6.45, 7) is 3.71. The number of primary amides is 1. The van der Waals surface area contributed by atoms with E-state index in [1.54, 1.807) is 24.3 Å². The second-order valence-electron chi connectivity index (χ2n) is 6.87. The number of carbonyl (C=O) groups is 2. The summed E-state index contributed by atoms with van der Waals surface area (Å²) in [5, 5.41) is 0.617. The van der Waals surface area contributed by atoms with Crippen LogP contribution >= 0.6 is 11.6 Å². The Morgan fingerprint density at radius 2 is 1.76 bits per heavy atom. The van der Waals surface area contributed by atoms with Crippen LogP contribution in [-0.2, 0) is 4.79 Å². The maximum Gasteiger partial charge on any atom is 0.256 e. The molecule has 1 atom stereocenters. The van der Waals surface area contributed by atoms with E-state index in [0.29, 0.717) is 21.8 Å². The molecule has 0 aliphatic carbocycles. The lowest BCUT2D eigenvalue weighted by atomic mass is 10.0. The van der Waals surface area contributed by atoms with Crippen molar-refractivity contribution in [3.63, 3.8) is 0 Å². The van der Waals surface area contributed by atoms with Crippen LogP contribution in [0.2, 0.25) is 5.02 Å². The van der Waals surface area contributed by atoms with Crippen LogP contribution in [0.25, 0.3) is 5.69 Å². The molecule has 150 valence electrons. The zero-order chi connectivity index (χ0) is 21.3. The average Bonchev–Trinajstić information content (AvgIpc) is 2.96. The van der Waals surface area contributed by atoms with Crippen molar-refractivity contribution in [3.8, 4) is 5.69 Å². The minimum absolute atomic E-state index is 0.319. The van der Waals surface area contributed by atoms with Crippen molar-refractivity contribution in [1.82, 2.24) is 9.47 Å². The molecule has 3 rings (SSSR count). The van der Waals surface area contributed by atoms with Gasteiger partial charge in [0.05, 0.1) is 5.56 Å². The van der Waals surface area contributed by atoms with Gasteiger partial charge in [0.2, 0.25) is 5.91 Å². The highest BCUT2D eigenvalue weighted by atomic mass is 35.5. The molecule has 1 unspecified atom stereocenters. The van der Waals surface area contributed by atoms with Gasteiger partial charge in [-0.05, 0) is 61.9 Å². The van der Waals surface area contributed by atoms with E-state index in [9.17, 15) is 14.0 Å². The zero-order valence-electron chi connectivity index (χ0n) is 16.3. The van der Waals surface area contributed by atoms with Crippen molar-refractivity contribution in [2.45, 2.75) is 19.9 Å². The highest BCUT2D eigenvalue weighted by Gasteiger charge is 2.29. The molecule has 0 aliphatic rings. The third-order valence-electron chi connectivity index (χ3n) is 4.89. The number of halogens is 2. The number of nitrogens with two attached hydrogens (primary N) is 1. The third-order valence-corrected chi connectivity index (χ3v) is 5.14. The summed E-state index contributed by atoms with van der Waals surface area (Å²) in [5.41, 5.74) is 8.72. The Kier molecular flexibility index (Phi) is 5.75. The minimum Gasteiger partial charge on any atom is -0.368 e. The van der Waals surface area contributed by atoms with E-state index in [2.05, 4.69) is 0 Å². The molecule has 29 heavy (non-hydrogen) atoms. The molecule has 0 saturated heterocycles. The minimum atomic E-state index is -1.09. The van der Waals surface area contributed by atoms with Crippen LogP contribution in [0.1, 0.15) is 33.4 Å². The third kappa shape index (κ3) is 4.03. The lowest BCUT2D eigenvalue weighted by molar-refractivity contribution is -0.122. The molecular weight excluding hydrogens is 393 g/mol. The van der Waals surface area contributed by atoms with Gasteiger partial charge in [-0.25, -0.2) is 4.39 Å². The fraction of sp³-hybridized carbons (Fsp3) is 0.182. The number of benzene rings is 2. The predicted octanol–water partition coefficient (Wildman–Crippen LogP) is 4.19. The van der Waals surface area contributed by atoms with Crippen LogP contribution in [-0.4, -0.2) is 28.3 Å². The van der Waals surface area contributed by atoms with Gasteiger partial charge < -0.3 is 15.2 Å². The molecule has 5 nitrogen and oxygen atoms in total. The van der Waals surface area contributed by atoms with Crippen molar-refractivity contribution < 1.29 is 14.0 Å². The van der Waals surface area contributed by atoms with Gasteiger partial charge in [-0.15, -0.1) is 0 Å². The number of likely N-dealkylation sites (N-methyl/N-ethyl adjacent to an activating group) is 1. The van der Waals surface area contributed by atoms with Gasteiger partial charge in [0.15, 0.2) is 0 Å². The lowest BCUT2D eigenvalue weighted by Gasteiger charge is -2.26. The molecule has 0 aliphatic heterocycles. The van der Waals surface area contributed by atoms with E-state index in [1.165, 1.54) is 30.1 Å². The van der Waals surface area contributed by atoms with E-state index < -0.39 is 17.8 Å². The summed E-state index contributed by atoms with van der Waals surface area (Å²) in [6.07, 6.45) is 0. The molecule has 0 bridgehead atoms. The van der Waals surface area contributed by atoms with Crippen LogP contribution < -0.4 is 5.73 Å². The summed E-state index contributed by atoms with van der Waals surface area (Å²) >= 11 is 5.97. The molecule has 0 fully saturated rings. The topological polar surface area (TPSA) is 68.3 Å². The van der Waals surface area contributed by atoms with Gasteiger partial charge in [0.1, 0.15) is 11.9 Å². The molecule has 7 heteroatoms. The Hall–Kier alpha value is -3.12. The van der Waals surface area contributed by atoms with Gasteiger partial charge in [-0.1, -0.05) is 23.7 Å². The van der Waals surface area contributed by atoms with Crippen molar-refractivity contribution in [2.75, 3.05) is 7.05 Å². The zero-order valence-corrected chi connectivity index (χ0v) is 17.1. The maximum atomic E-state index is 13.6. The first kappa shape index (κ1) is 20.6. The Balaban J connectivity index is 2.00. The van der Waals surface area contributed by atoms with Gasteiger partial charge in [-0.2, -0.15) is 0 Å². The summed E-state index contributed by atoms with van der Waals surface area (Å²) in [7, 11) is 1.48. The number of hydrogen-bond donors (Lipinski definition) is 1. The van der Waals surface area contributed by atoms with E-state index in [-0.39, 0.29) is 5.91 Å². The first-order valence-corrected chi connectivity index (χ1v) is 9.35. The molecule has 0 radical (unpaired) electrons. The molecule has 1 aromatic heterocycles. The van der Waals surface area contributed by atoms with Gasteiger partial charge in [0, 0.05) is 29.1 Å². The Labute approximate surface area is 173 Å². The summed E-state index contributed by atoms with van der Waals surface area (Å²) < 4.78 is 15.6. The maximum absolute atomic E-state index is 13.6. The molecule has 0 spiro atoms. The monoisotopic (exact) mass is 413 g/mol. The Bertz CT molecular complexity index is 1080. The fourth-order valence-corrected chi connectivity index (χ4v) is 3.66. The molecule has 2 N–H and O–H groups in total. The normalized spacial score (nSPS) is 11.9. The van der Waals surface area contributed by atoms with Gasteiger partial charge >= 0.3 is 0 Å². The number of hydrogen-bond acceptors (Lipinski definition) is 2. The van der Waals surface area contributed by atoms with E-state index in [1.807, 2.05) is 30.5 Å². The second kappa shape index (κ2) is 8.09. The first-order chi connectivity index (χ1) is 13.7. The van der Waals surface area contributed by atoms with E-state index in [0.717, 1.165) is 11.4 Å². The highest BCUT2D eigenvalue weighted by molar-refractivity contribution is 6.30. The van der Waals surface area contributed by atoms with Crippen LogP contribution in [0, 0.1) is 19.7 Å². The molecule has 1 heterocycles. The van der Waals surface area contributed by atoms with E-state index >= 15 is 0 Å². The van der Waals surface area contributed by atoms with Crippen molar-refractivity contribution >= 4 is 23.4 Å². The predicted molar refractivity (Wildman–Crippen MR) is 111 cm³/mol. The van der Waals surface area contributed by atoms with Gasteiger partial charge in [0.25, 0.3) is 5.91 Å². The Morgan fingerprint density at radius 1 is 1.10 bits per heavy atom. The number of rotatable bonds is 5. The summed E-state index contributed by atoms with van der Waals surface area (Å²) in [6, 6.07) is 13.5. The number of nitrogens with zero attached hydrogens (tertiary/aromatic N) is 2. The lowest BCUT2D eigenvalue weighted by Crippen LogP contribution is -2.39. The summed E-state index contributed by atoms with van der Waals surface area (Å²) in [4.78, 5) is 26.5. The van der Waals surface area contributed by atoms with Crippen molar-refractivity contribution in [3.05, 3.63) is 88.0 Å². The van der Waals surface area contributed by atoms with Crippen LogP contribution in [0.3, 0.4) is 0 Å². The van der Waals surface area contributed by atoms with Crippen LogP contribution in [0.4, 0.5) is 4.39 Å². The van der Waals surface area contributed by atoms with Crippen molar-refractivity contribution in [2.24, 2.45) is 5.73 Å².